The SMILES string of the molecule is Cc1cccc2c(O)c3c(cc12)C=C1C(=O)C(O)=C(O)C(O)=C1C3=O. The van der Waals surface area contributed by atoms with Crippen LogP contribution in [0.2, 0.25) is 0 Å². The van der Waals surface area contributed by atoms with E-state index >= 15 is 0 Å². The number of allylic oxidation sites excluding steroid dienone is 2. The number of aromatic hydroxyl groups is 1. The summed E-state index contributed by atoms with van der Waals surface area (Å²) in [6.45, 7) is 1.85. The van der Waals surface area contributed by atoms with Crippen LogP contribution in [0.1, 0.15) is 21.5 Å². The van der Waals surface area contributed by atoms with Crippen LogP contribution in [0.25, 0.3) is 16.8 Å². The van der Waals surface area contributed by atoms with Crippen molar-refractivity contribution in [3.05, 3.63) is 69.4 Å². The van der Waals surface area contributed by atoms with Crippen molar-refractivity contribution in [3.8, 4) is 5.75 Å². The van der Waals surface area contributed by atoms with Gasteiger partial charge in [-0.3, -0.25) is 9.59 Å². The standard InChI is InChI=1S/C19H12O6/c1-7-3-2-4-9-10(7)5-8-6-11-13(16(22)12(8)14(9)20)17(23)19(25)18(24)15(11)21/h2-6,20,23-25H,1H3. The molecule has 0 aromatic heterocycles. The Morgan fingerprint density at radius 1 is 0.840 bits per heavy atom. The molecule has 6 heteroatoms. The van der Waals surface area contributed by atoms with Crippen LogP contribution >= 0.6 is 0 Å². The number of aliphatic hydroxyl groups is 3. The van der Waals surface area contributed by atoms with Gasteiger partial charge < -0.3 is 20.4 Å². The number of carbonyl (C=O) groups is 2. The van der Waals surface area contributed by atoms with Gasteiger partial charge in [-0.2, -0.15) is 0 Å². The quantitative estimate of drug-likeness (QED) is 0.587. The molecule has 2 aliphatic carbocycles. The number of phenolic OH excluding ortho intramolecular Hbond substituents is 1. The van der Waals surface area contributed by atoms with E-state index in [2.05, 4.69) is 0 Å². The van der Waals surface area contributed by atoms with Crippen LogP contribution in [0.15, 0.2) is 52.7 Å². The summed E-state index contributed by atoms with van der Waals surface area (Å²) in [5.74, 6) is -4.98. The Morgan fingerprint density at radius 2 is 1.56 bits per heavy atom. The summed E-state index contributed by atoms with van der Waals surface area (Å²) < 4.78 is 0. The van der Waals surface area contributed by atoms with Crippen molar-refractivity contribution in [1.29, 1.82) is 0 Å². The average molecular weight is 336 g/mol. The Bertz CT molecular complexity index is 1110. The molecule has 0 spiro atoms. The zero-order valence-corrected chi connectivity index (χ0v) is 13.0. The highest BCUT2D eigenvalue weighted by atomic mass is 16.3. The molecule has 2 aromatic rings. The first-order valence-electron chi connectivity index (χ1n) is 7.45. The summed E-state index contributed by atoms with van der Waals surface area (Å²) in [6.07, 6.45) is 1.32. The maximum Gasteiger partial charge on any atom is 0.232 e. The molecule has 0 radical (unpaired) electrons. The molecule has 124 valence electrons. The lowest BCUT2D eigenvalue weighted by molar-refractivity contribution is -0.114. The molecule has 0 amide bonds. The lowest BCUT2D eigenvalue weighted by atomic mass is 9.79. The number of phenols is 1. The van der Waals surface area contributed by atoms with Gasteiger partial charge in [0.1, 0.15) is 5.75 Å². The molecule has 6 nitrogen and oxygen atoms in total. The predicted molar refractivity (Wildman–Crippen MR) is 89.6 cm³/mol. The first kappa shape index (κ1) is 15.0. The molecule has 0 unspecified atom stereocenters. The van der Waals surface area contributed by atoms with E-state index in [1.165, 1.54) is 6.08 Å². The van der Waals surface area contributed by atoms with E-state index < -0.39 is 34.4 Å². The van der Waals surface area contributed by atoms with Crippen molar-refractivity contribution in [2.45, 2.75) is 6.92 Å². The summed E-state index contributed by atoms with van der Waals surface area (Å²) in [6, 6.07) is 6.92. The van der Waals surface area contributed by atoms with E-state index in [0.29, 0.717) is 16.3 Å². The van der Waals surface area contributed by atoms with Crippen LogP contribution < -0.4 is 0 Å². The molecule has 0 saturated heterocycles. The van der Waals surface area contributed by atoms with Crippen LogP contribution in [-0.2, 0) is 4.79 Å². The largest absolute Gasteiger partial charge is 0.507 e. The van der Waals surface area contributed by atoms with Gasteiger partial charge in [-0.15, -0.1) is 0 Å². The predicted octanol–water partition coefficient (Wildman–Crippen LogP) is 3.16. The number of ketones is 2. The van der Waals surface area contributed by atoms with Gasteiger partial charge in [0, 0.05) is 11.0 Å². The van der Waals surface area contributed by atoms with Gasteiger partial charge in [0.2, 0.25) is 23.1 Å². The highest BCUT2D eigenvalue weighted by Gasteiger charge is 2.40. The minimum atomic E-state index is -1.05. The topological polar surface area (TPSA) is 115 Å². The van der Waals surface area contributed by atoms with Gasteiger partial charge in [0.25, 0.3) is 0 Å². The highest BCUT2D eigenvalue weighted by molar-refractivity contribution is 6.30. The smallest absolute Gasteiger partial charge is 0.232 e. The number of benzene rings is 2. The van der Waals surface area contributed by atoms with E-state index in [1.54, 1.807) is 18.2 Å². The van der Waals surface area contributed by atoms with Crippen molar-refractivity contribution >= 4 is 28.4 Å². The van der Waals surface area contributed by atoms with Gasteiger partial charge in [0.05, 0.1) is 11.1 Å². The third kappa shape index (κ3) is 1.79. The maximum absolute atomic E-state index is 12.8. The zero-order valence-electron chi connectivity index (χ0n) is 13.0. The fourth-order valence-corrected chi connectivity index (χ4v) is 3.29. The van der Waals surface area contributed by atoms with E-state index in [9.17, 15) is 30.0 Å². The molecule has 4 rings (SSSR count). The first-order chi connectivity index (χ1) is 11.8. The van der Waals surface area contributed by atoms with Crippen LogP contribution in [0.4, 0.5) is 0 Å². The van der Waals surface area contributed by atoms with Gasteiger partial charge in [-0.05, 0) is 35.6 Å². The van der Waals surface area contributed by atoms with Crippen LogP contribution in [0.3, 0.4) is 0 Å². The minimum Gasteiger partial charge on any atom is -0.507 e. The number of Topliss-reactive ketones (excluding diaryl/α,β-unsaturated/α-hetero) is 2. The number of hydrogen-bond acceptors (Lipinski definition) is 6. The lowest BCUT2D eigenvalue weighted by Gasteiger charge is -2.23. The van der Waals surface area contributed by atoms with Gasteiger partial charge >= 0.3 is 0 Å². The molecule has 2 aromatic carbocycles. The first-order valence-corrected chi connectivity index (χ1v) is 7.45. The fraction of sp³-hybridized carbons (Fsp3) is 0.0526. The summed E-state index contributed by atoms with van der Waals surface area (Å²) in [7, 11) is 0. The van der Waals surface area contributed by atoms with Crippen molar-refractivity contribution in [2.75, 3.05) is 0 Å². The molecule has 0 saturated carbocycles. The molecule has 0 atom stereocenters. The van der Waals surface area contributed by atoms with Crippen LogP contribution in [0, 0.1) is 6.92 Å². The zero-order chi connectivity index (χ0) is 18.0. The molecule has 25 heavy (non-hydrogen) atoms. The van der Waals surface area contributed by atoms with Crippen LogP contribution in [0.5, 0.6) is 5.75 Å². The van der Waals surface area contributed by atoms with Crippen molar-refractivity contribution in [2.24, 2.45) is 0 Å². The highest BCUT2D eigenvalue weighted by Crippen LogP contribution is 2.42. The number of rotatable bonds is 0. The van der Waals surface area contributed by atoms with Crippen LogP contribution in [-0.4, -0.2) is 32.0 Å². The second kappa shape index (κ2) is 4.73. The Hall–Kier alpha value is -3.54. The molecular weight excluding hydrogens is 324 g/mol. The number of carbonyl (C=O) groups excluding carboxylic acids is 2. The molecule has 0 bridgehead atoms. The Labute approximate surface area is 141 Å². The Balaban J connectivity index is 2.13. The molecule has 0 heterocycles. The van der Waals surface area contributed by atoms with E-state index in [0.717, 1.165) is 5.56 Å². The van der Waals surface area contributed by atoms with Crippen molar-refractivity contribution in [3.63, 3.8) is 0 Å². The third-order valence-corrected chi connectivity index (χ3v) is 4.57. The van der Waals surface area contributed by atoms with E-state index in [4.69, 9.17) is 0 Å². The van der Waals surface area contributed by atoms with Gasteiger partial charge in [-0.1, -0.05) is 18.2 Å². The number of hydrogen-bond donors (Lipinski definition) is 4. The Morgan fingerprint density at radius 3 is 2.28 bits per heavy atom. The fourth-order valence-electron chi connectivity index (χ4n) is 3.29. The summed E-state index contributed by atoms with van der Waals surface area (Å²) in [5.41, 5.74) is 0.456. The van der Waals surface area contributed by atoms with Gasteiger partial charge in [-0.25, -0.2) is 0 Å². The monoisotopic (exact) mass is 336 g/mol. The van der Waals surface area contributed by atoms with E-state index in [1.807, 2.05) is 13.0 Å². The summed E-state index contributed by atoms with van der Waals surface area (Å²) in [5, 5.41) is 41.1. The molecular formula is C19H12O6. The average Bonchev–Trinajstić information content (AvgIpc) is 2.58. The summed E-state index contributed by atoms with van der Waals surface area (Å²) in [4.78, 5) is 25.0. The molecule has 0 fully saturated rings. The minimum absolute atomic E-state index is 0.0645. The molecule has 0 aliphatic heterocycles. The second-order valence-corrected chi connectivity index (χ2v) is 6.00. The van der Waals surface area contributed by atoms with Crippen molar-refractivity contribution < 1.29 is 30.0 Å². The third-order valence-electron chi connectivity index (χ3n) is 4.57. The Kier molecular flexibility index (Phi) is 2.84. The maximum atomic E-state index is 12.8. The second-order valence-electron chi connectivity index (χ2n) is 6.00. The van der Waals surface area contributed by atoms with Crippen molar-refractivity contribution in [1.82, 2.24) is 0 Å². The van der Waals surface area contributed by atoms with Gasteiger partial charge in [0.15, 0.2) is 5.76 Å². The summed E-state index contributed by atoms with van der Waals surface area (Å²) >= 11 is 0. The number of fused-ring (bicyclic) bond motifs is 3. The molecule has 4 N–H and O–H groups in total. The normalized spacial score (nSPS) is 16.9. The van der Waals surface area contributed by atoms with E-state index in [-0.39, 0.29) is 16.9 Å². The molecule has 2 aliphatic rings. The number of aryl methyl sites for hydroxylation is 1. The lowest BCUT2D eigenvalue weighted by Crippen LogP contribution is -2.26. The number of aliphatic hydroxyl groups excluding tert-OH is 3.